The average Bonchev–Trinajstić information content (AvgIpc) is 2.60. The molecule has 0 radical (unpaired) electrons. The maximum Gasteiger partial charge on any atom is 0.311 e. The highest BCUT2D eigenvalue weighted by molar-refractivity contribution is 5.97. The molecule has 0 aromatic carbocycles. The molecule has 1 fully saturated rings. The third kappa shape index (κ3) is 3.21. The van der Waals surface area contributed by atoms with Crippen molar-refractivity contribution in [1.29, 1.82) is 0 Å². The minimum Gasteiger partial charge on any atom is -0.481 e. The normalized spacial score (nSPS) is 19.7. The Kier molecular flexibility index (Phi) is 4.47. The van der Waals surface area contributed by atoms with Crippen LogP contribution in [-0.2, 0) is 11.2 Å². The lowest BCUT2D eigenvalue weighted by molar-refractivity contribution is -0.136. The van der Waals surface area contributed by atoms with Gasteiger partial charge in [-0.2, -0.15) is 0 Å². The molecule has 1 aromatic rings. The Hall–Kier alpha value is -1.78. The molecular weight excluding hydrogens is 258 g/mol. The first-order valence-electron chi connectivity index (χ1n) is 7.07. The van der Waals surface area contributed by atoms with Gasteiger partial charge in [0.2, 0.25) is 0 Å². The van der Waals surface area contributed by atoms with Crippen LogP contribution in [0.2, 0.25) is 0 Å². The van der Waals surface area contributed by atoms with Gasteiger partial charge in [0.1, 0.15) is 12.2 Å². The second kappa shape index (κ2) is 6.11. The van der Waals surface area contributed by atoms with E-state index in [1.54, 1.807) is 6.92 Å². The molecule has 1 saturated heterocycles. The smallest absolute Gasteiger partial charge is 0.311 e. The molecule has 1 aliphatic rings. The van der Waals surface area contributed by atoms with Crippen molar-refractivity contribution in [3.05, 3.63) is 23.2 Å². The van der Waals surface area contributed by atoms with Crippen LogP contribution in [0.3, 0.4) is 0 Å². The second-order valence-corrected chi connectivity index (χ2v) is 5.62. The minimum absolute atomic E-state index is 0.0957. The number of rotatable bonds is 3. The molecule has 110 valence electrons. The largest absolute Gasteiger partial charge is 0.481 e. The zero-order valence-electron chi connectivity index (χ0n) is 12.0. The van der Waals surface area contributed by atoms with Gasteiger partial charge in [0.25, 0.3) is 5.91 Å². The molecule has 1 amide bonds. The zero-order chi connectivity index (χ0) is 14.7. The van der Waals surface area contributed by atoms with Crippen molar-refractivity contribution < 1.29 is 19.1 Å². The SMILES string of the molecule is Cc1coc(CC(=O)O)c1C(=O)N1CCCC(C)CC1. The summed E-state index contributed by atoms with van der Waals surface area (Å²) in [6, 6.07) is 0. The van der Waals surface area contributed by atoms with Crippen molar-refractivity contribution in [2.45, 2.75) is 39.5 Å². The third-order valence-electron chi connectivity index (χ3n) is 3.88. The molecular formula is C15H21NO4. The van der Waals surface area contributed by atoms with Crippen LogP contribution in [0.25, 0.3) is 0 Å². The van der Waals surface area contributed by atoms with Crippen molar-refractivity contribution >= 4 is 11.9 Å². The Morgan fingerprint density at radius 1 is 1.40 bits per heavy atom. The van der Waals surface area contributed by atoms with Crippen molar-refractivity contribution in [3.8, 4) is 0 Å². The van der Waals surface area contributed by atoms with E-state index in [4.69, 9.17) is 9.52 Å². The summed E-state index contributed by atoms with van der Waals surface area (Å²) in [7, 11) is 0. The van der Waals surface area contributed by atoms with Crippen molar-refractivity contribution in [1.82, 2.24) is 4.90 Å². The third-order valence-corrected chi connectivity index (χ3v) is 3.88. The van der Waals surface area contributed by atoms with E-state index in [2.05, 4.69) is 6.92 Å². The van der Waals surface area contributed by atoms with E-state index in [-0.39, 0.29) is 18.1 Å². The lowest BCUT2D eigenvalue weighted by atomic mass is 10.0. The van der Waals surface area contributed by atoms with E-state index in [9.17, 15) is 9.59 Å². The first-order valence-corrected chi connectivity index (χ1v) is 7.07. The number of hydrogen-bond acceptors (Lipinski definition) is 3. The number of carbonyl (C=O) groups is 2. The maximum absolute atomic E-state index is 12.6. The summed E-state index contributed by atoms with van der Waals surface area (Å²) in [6.45, 7) is 5.45. The van der Waals surface area contributed by atoms with Gasteiger partial charge in [0.05, 0.1) is 11.8 Å². The van der Waals surface area contributed by atoms with Gasteiger partial charge in [-0.15, -0.1) is 0 Å². The Balaban J connectivity index is 2.19. The number of carbonyl (C=O) groups excluding carboxylic acids is 1. The van der Waals surface area contributed by atoms with Crippen molar-refractivity contribution in [2.24, 2.45) is 5.92 Å². The average molecular weight is 279 g/mol. The topological polar surface area (TPSA) is 70.7 Å². The number of carboxylic acid groups (broad SMARTS) is 1. The molecule has 2 heterocycles. The molecule has 5 heteroatoms. The van der Waals surface area contributed by atoms with E-state index in [1.807, 2.05) is 4.90 Å². The minimum atomic E-state index is -0.988. The van der Waals surface area contributed by atoms with E-state index >= 15 is 0 Å². The van der Waals surface area contributed by atoms with Crippen LogP contribution >= 0.6 is 0 Å². The summed E-state index contributed by atoms with van der Waals surface area (Å²) in [4.78, 5) is 25.3. The molecule has 0 aliphatic carbocycles. The maximum atomic E-state index is 12.6. The quantitative estimate of drug-likeness (QED) is 0.922. The number of furan rings is 1. The number of nitrogens with zero attached hydrogens (tertiary/aromatic N) is 1. The predicted molar refractivity (Wildman–Crippen MR) is 73.7 cm³/mol. The van der Waals surface area contributed by atoms with Gasteiger partial charge in [-0.25, -0.2) is 0 Å². The van der Waals surface area contributed by atoms with Gasteiger partial charge in [-0.05, 0) is 32.1 Å². The van der Waals surface area contributed by atoms with Crippen LogP contribution in [0, 0.1) is 12.8 Å². The fourth-order valence-electron chi connectivity index (χ4n) is 2.68. The van der Waals surface area contributed by atoms with Crippen LogP contribution in [-0.4, -0.2) is 35.0 Å². The van der Waals surface area contributed by atoms with E-state index in [0.29, 0.717) is 17.0 Å². The van der Waals surface area contributed by atoms with Gasteiger partial charge in [0.15, 0.2) is 0 Å². The highest BCUT2D eigenvalue weighted by Gasteiger charge is 2.26. The van der Waals surface area contributed by atoms with Gasteiger partial charge >= 0.3 is 5.97 Å². The Labute approximate surface area is 118 Å². The van der Waals surface area contributed by atoms with E-state index in [1.165, 1.54) is 6.26 Å². The van der Waals surface area contributed by atoms with E-state index in [0.717, 1.165) is 32.4 Å². The number of aryl methyl sites for hydroxylation is 1. The molecule has 2 rings (SSSR count). The predicted octanol–water partition coefficient (Wildman–Crippen LogP) is 2.48. The Morgan fingerprint density at radius 3 is 2.85 bits per heavy atom. The monoisotopic (exact) mass is 279 g/mol. The molecule has 0 spiro atoms. The summed E-state index contributed by atoms with van der Waals surface area (Å²) in [5, 5.41) is 8.89. The van der Waals surface area contributed by atoms with Crippen LogP contribution < -0.4 is 0 Å². The summed E-state index contributed by atoms with van der Waals surface area (Å²) < 4.78 is 5.24. The fraction of sp³-hybridized carbons (Fsp3) is 0.600. The summed E-state index contributed by atoms with van der Waals surface area (Å²) in [5.74, 6) is -0.187. The van der Waals surface area contributed by atoms with Crippen LogP contribution in [0.4, 0.5) is 0 Å². The number of carboxylic acids is 1. The molecule has 1 aliphatic heterocycles. The highest BCUT2D eigenvalue weighted by atomic mass is 16.4. The molecule has 1 unspecified atom stereocenters. The van der Waals surface area contributed by atoms with Gasteiger partial charge in [-0.3, -0.25) is 9.59 Å². The molecule has 1 atom stereocenters. The first-order chi connectivity index (χ1) is 9.49. The Morgan fingerprint density at radius 2 is 2.15 bits per heavy atom. The van der Waals surface area contributed by atoms with E-state index < -0.39 is 5.97 Å². The summed E-state index contributed by atoms with van der Waals surface area (Å²) >= 11 is 0. The lowest BCUT2D eigenvalue weighted by Crippen LogP contribution is -2.33. The lowest BCUT2D eigenvalue weighted by Gasteiger charge is -2.20. The standard InChI is InChI=1S/C15H21NO4/c1-10-4-3-6-16(7-5-10)15(19)14-11(2)9-20-12(14)8-13(17)18/h9-10H,3-8H2,1-2H3,(H,17,18). The molecule has 1 aromatic heterocycles. The summed E-state index contributed by atoms with van der Waals surface area (Å²) in [6.07, 6.45) is 4.34. The highest BCUT2D eigenvalue weighted by Crippen LogP contribution is 2.23. The molecule has 0 bridgehead atoms. The van der Waals surface area contributed by atoms with Crippen molar-refractivity contribution in [2.75, 3.05) is 13.1 Å². The molecule has 0 saturated carbocycles. The number of hydrogen-bond donors (Lipinski definition) is 1. The molecule has 5 nitrogen and oxygen atoms in total. The summed E-state index contributed by atoms with van der Waals surface area (Å²) in [5.41, 5.74) is 1.14. The second-order valence-electron chi connectivity index (χ2n) is 5.62. The number of amides is 1. The van der Waals surface area contributed by atoms with Gasteiger partial charge in [0, 0.05) is 18.7 Å². The van der Waals surface area contributed by atoms with Crippen LogP contribution in [0.5, 0.6) is 0 Å². The molecule has 20 heavy (non-hydrogen) atoms. The Bertz CT molecular complexity index is 506. The molecule has 1 N–H and O–H groups in total. The first kappa shape index (κ1) is 14.6. The van der Waals surface area contributed by atoms with Crippen LogP contribution in [0.1, 0.15) is 47.9 Å². The zero-order valence-corrected chi connectivity index (χ0v) is 12.0. The van der Waals surface area contributed by atoms with Gasteiger partial charge in [-0.1, -0.05) is 6.92 Å². The van der Waals surface area contributed by atoms with Crippen LogP contribution in [0.15, 0.2) is 10.7 Å². The number of aliphatic carboxylic acids is 1. The van der Waals surface area contributed by atoms with Crippen molar-refractivity contribution in [3.63, 3.8) is 0 Å². The number of likely N-dealkylation sites (tertiary alicyclic amines) is 1. The fourth-order valence-corrected chi connectivity index (χ4v) is 2.68. The van der Waals surface area contributed by atoms with Gasteiger partial charge < -0.3 is 14.4 Å².